The molecule has 1 atom stereocenters. The summed E-state index contributed by atoms with van der Waals surface area (Å²) in [5, 5.41) is 0. The lowest BCUT2D eigenvalue weighted by molar-refractivity contribution is 0.180. The lowest BCUT2D eigenvalue weighted by atomic mass is 9.70. The molecule has 20 heavy (non-hydrogen) atoms. The van der Waals surface area contributed by atoms with E-state index in [2.05, 4.69) is 60.3 Å². The molecule has 0 saturated carbocycles. The molecule has 3 rings (SSSR count). The molecule has 0 saturated heterocycles. The summed E-state index contributed by atoms with van der Waals surface area (Å²) in [6.07, 6.45) is 6.98. The molecule has 108 valence electrons. The average molecular weight is 335 g/mol. The first-order valence-corrected chi connectivity index (χ1v) is 8.37. The van der Waals surface area contributed by atoms with Gasteiger partial charge in [0.05, 0.1) is 5.69 Å². The Morgan fingerprint density at radius 2 is 2.20 bits per heavy atom. The summed E-state index contributed by atoms with van der Waals surface area (Å²) in [5.41, 5.74) is 5.55. The van der Waals surface area contributed by atoms with Gasteiger partial charge in [-0.05, 0) is 65.1 Å². The zero-order valence-electron chi connectivity index (χ0n) is 12.8. The van der Waals surface area contributed by atoms with Gasteiger partial charge in [0.25, 0.3) is 0 Å². The summed E-state index contributed by atoms with van der Waals surface area (Å²) in [5.74, 6) is 0.763. The van der Waals surface area contributed by atoms with Crippen molar-refractivity contribution in [2.75, 3.05) is 0 Å². The van der Waals surface area contributed by atoms with E-state index in [0.29, 0.717) is 5.41 Å². The molecule has 0 N–H and O–H groups in total. The highest BCUT2D eigenvalue weighted by Gasteiger charge is 2.33. The highest BCUT2D eigenvalue weighted by atomic mass is 79.9. The van der Waals surface area contributed by atoms with Crippen molar-refractivity contribution in [3.8, 4) is 0 Å². The first-order chi connectivity index (χ1) is 9.42. The van der Waals surface area contributed by atoms with E-state index in [-0.39, 0.29) is 0 Å². The van der Waals surface area contributed by atoms with Gasteiger partial charge in [0.2, 0.25) is 0 Å². The molecular formula is C17H23BrN2. The second kappa shape index (κ2) is 4.87. The summed E-state index contributed by atoms with van der Waals surface area (Å²) in [6, 6.07) is 2.15. The molecule has 3 heteroatoms. The van der Waals surface area contributed by atoms with Gasteiger partial charge >= 0.3 is 0 Å². The molecule has 2 aromatic heterocycles. The molecule has 2 heterocycles. The predicted octanol–water partition coefficient (Wildman–Crippen LogP) is 4.95. The normalized spacial score (nSPS) is 19.4. The first kappa shape index (κ1) is 14.1. The van der Waals surface area contributed by atoms with Crippen molar-refractivity contribution in [3.63, 3.8) is 0 Å². The summed E-state index contributed by atoms with van der Waals surface area (Å²) < 4.78 is 3.45. The van der Waals surface area contributed by atoms with Gasteiger partial charge in [-0.15, -0.1) is 0 Å². The molecule has 1 unspecified atom stereocenters. The number of pyridine rings is 1. The van der Waals surface area contributed by atoms with Gasteiger partial charge in [-0.25, -0.2) is 4.98 Å². The zero-order valence-corrected chi connectivity index (χ0v) is 14.4. The van der Waals surface area contributed by atoms with E-state index in [0.717, 1.165) is 28.9 Å². The topological polar surface area (TPSA) is 17.3 Å². The molecule has 0 aromatic carbocycles. The Balaban J connectivity index is 2.09. The molecule has 1 aliphatic rings. The Bertz CT molecular complexity index is 655. The predicted molar refractivity (Wildman–Crippen MR) is 87.2 cm³/mol. The van der Waals surface area contributed by atoms with Crippen LogP contribution in [0, 0.1) is 18.3 Å². The standard InChI is InChI=1S/C17H23BrN2/c1-5-17(3,4)12-6-7-14-15(9-12)20-10-13(18)8-11(2)16(20)19-14/h8,10,12H,5-7,9H2,1-4H3. The molecule has 0 fully saturated rings. The number of aromatic nitrogens is 2. The molecule has 0 radical (unpaired) electrons. The van der Waals surface area contributed by atoms with E-state index in [1.165, 1.54) is 29.8 Å². The van der Waals surface area contributed by atoms with Crippen molar-refractivity contribution < 1.29 is 0 Å². The molecule has 1 aliphatic carbocycles. The maximum Gasteiger partial charge on any atom is 0.140 e. The fourth-order valence-corrected chi connectivity index (χ4v) is 3.93. The number of halogens is 1. The van der Waals surface area contributed by atoms with Crippen LogP contribution < -0.4 is 0 Å². The van der Waals surface area contributed by atoms with E-state index >= 15 is 0 Å². The van der Waals surface area contributed by atoms with Crippen LogP contribution in [-0.2, 0) is 12.8 Å². The van der Waals surface area contributed by atoms with E-state index < -0.39 is 0 Å². The number of aryl methyl sites for hydroxylation is 2. The number of rotatable bonds is 2. The third-order valence-electron chi connectivity index (χ3n) is 5.24. The number of imidazole rings is 1. The van der Waals surface area contributed by atoms with Crippen molar-refractivity contribution in [3.05, 3.63) is 33.7 Å². The maximum absolute atomic E-state index is 4.88. The summed E-state index contributed by atoms with van der Waals surface area (Å²) in [4.78, 5) is 4.88. The van der Waals surface area contributed by atoms with Crippen LogP contribution in [0.1, 0.15) is 50.6 Å². The third kappa shape index (κ3) is 2.20. The lowest BCUT2D eigenvalue weighted by Gasteiger charge is -2.36. The lowest BCUT2D eigenvalue weighted by Crippen LogP contribution is -2.29. The SMILES string of the molecule is CCC(C)(C)C1CCc2nc3c(C)cc(Br)cn3c2C1. The van der Waals surface area contributed by atoms with Gasteiger partial charge in [-0.2, -0.15) is 0 Å². The van der Waals surface area contributed by atoms with E-state index in [4.69, 9.17) is 4.98 Å². The van der Waals surface area contributed by atoms with Crippen LogP contribution in [-0.4, -0.2) is 9.38 Å². The minimum absolute atomic E-state index is 0.420. The van der Waals surface area contributed by atoms with Crippen molar-refractivity contribution in [1.82, 2.24) is 9.38 Å². The van der Waals surface area contributed by atoms with Crippen LogP contribution in [0.4, 0.5) is 0 Å². The Labute approximate surface area is 129 Å². The van der Waals surface area contributed by atoms with Crippen molar-refractivity contribution in [2.45, 2.75) is 53.4 Å². The number of hydrogen-bond donors (Lipinski definition) is 0. The largest absolute Gasteiger partial charge is 0.302 e. The molecule has 0 amide bonds. The minimum atomic E-state index is 0.420. The average Bonchev–Trinajstić information content (AvgIpc) is 2.77. The van der Waals surface area contributed by atoms with Crippen molar-refractivity contribution in [2.24, 2.45) is 11.3 Å². The Hall–Kier alpha value is -0.830. The Kier molecular flexibility index (Phi) is 3.44. The molecule has 2 nitrogen and oxygen atoms in total. The third-order valence-corrected chi connectivity index (χ3v) is 5.67. The maximum atomic E-state index is 4.88. The molecule has 0 aliphatic heterocycles. The number of nitrogens with zero attached hydrogens (tertiary/aromatic N) is 2. The molecule has 0 spiro atoms. The van der Waals surface area contributed by atoms with Gasteiger partial charge in [-0.1, -0.05) is 27.2 Å². The van der Waals surface area contributed by atoms with Gasteiger partial charge in [0.15, 0.2) is 0 Å². The van der Waals surface area contributed by atoms with Gasteiger partial charge in [0.1, 0.15) is 5.65 Å². The fraction of sp³-hybridized carbons (Fsp3) is 0.588. The molecular weight excluding hydrogens is 312 g/mol. The van der Waals surface area contributed by atoms with Gasteiger partial charge < -0.3 is 4.40 Å². The monoisotopic (exact) mass is 334 g/mol. The van der Waals surface area contributed by atoms with Crippen molar-refractivity contribution >= 4 is 21.6 Å². The second-order valence-corrected chi connectivity index (χ2v) is 7.74. The fourth-order valence-electron chi connectivity index (χ4n) is 3.38. The van der Waals surface area contributed by atoms with Crippen molar-refractivity contribution in [1.29, 1.82) is 0 Å². The van der Waals surface area contributed by atoms with E-state index in [1.54, 1.807) is 0 Å². The first-order valence-electron chi connectivity index (χ1n) is 7.58. The Morgan fingerprint density at radius 3 is 2.90 bits per heavy atom. The molecule has 0 bridgehead atoms. The quantitative estimate of drug-likeness (QED) is 0.759. The van der Waals surface area contributed by atoms with E-state index in [9.17, 15) is 0 Å². The van der Waals surface area contributed by atoms with Crippen LogP contribution in [0.2, 0.25) is 0 Å². The summed E-state index contributed by atoms with van der Waals surface area (Å²) >= 11 is 3.62. The highest BCUT2D eigenvalue weighted by molar-refractivity contribution is 9.10. The second-order valence-electron chi connectivity index (χ2n) is 6.82. The van der Waals surface area contributed by atoms with Crippen LogP contribution in [0.3, 0.4) is 0 Å². The van der Waals surface area contributed by atoms with Crippen LogP contribution in [0.25, 0.3) is 5.65 Å². The summed E-state index contributed by atoms with van der Waals surface area (Å²) in [7, 11) is 0. The highest BCUT2D eigenvalue weighted by Crippen LogP contribution is 2.40. The number of hydrogen-bond acceptors (Lipinski definition) is 1. The number of fused-ring (bicyclic) bond motifs is 3. The smallest absolute Gasteiger partial charge is 0.140 e. The zero-order chi connectivity index (χ0) is 14.5. The minimum Gasteiger partial charge on any atom is -0.302 e. The molecule has 2 aromatic rings. The Morgan fingerprint density at radius 1 is 1.45 bits per heavy atom. The van der Waals surface area contributed by atoms with Crippen LogP contribution in [0.5, 0.6) is 0 Å². The van der Waals surface area contributed by atoms with E-state index in [1.807, 2.05) is 0 Å². The van der Waals surface area contributed by atoms with Crippen LogP contribution in [0.15, 0.2) is 16.7 Å². The summed E-state index contributed by atoms with van der Waals surface area (Å²) in [6.45, 7) is 9.27. The van der Waals surface area contributed by atoms with Gasteiger partial charge in [0, 0.05) is 16.4 Å². The van der Waals surface area contributed by atoms with Crippen LogP contribution >= 0.6 is 15.9 Å². The van der Waals surface area contributed by atoms with Gasteiger partial charge in [-0.3, -0.25) is 0 Å².